The third-order valence-corrected chi connectivity index (χ3v) is 5.82. The van der Waals surface area contributed by atoms with E-state index in [1.165, 1.54) is 51.7 Å². The number of aliphatic carboxylic acids is 1. The zero-order valence-corrected chi connectivity index (χ0v) is 20.5. The summed E-state index contributed by atoms with van der Waals surface area (Å²) in [7, 11) is 4.44. The Balaban J connectivity index is 1.60. The van der Waals surface area contributed by atoms with Gasteiger partial charge in [-0.1, -0.05) is 0 Å². The van der Waals surface area contributed by atoms with Gasteiger partial charge in [-0.05, 0) is 42.1 Å². The highest BCUT2D eigenvalue weighted by molar-refractivity contribution is 8.03. The number of non-ortho nitro benzene ring substituents is 1. The van der Waals surface area contributed by atoms with Gasteiger partial charge in [0.1, 0.15) is 33.7 Å². The Labute approximate surface area is 213 Å². The van der Waals surface area contributed by atoms with Gasteiger partial charge >= 0.3 is 5.97 Å². The number of hydrogen-bond donors (Lipinski definition) is 1. The zero-order chi connectivity index (χ0) is 26.5. The molecule has 4 rings (SSSR count). The van der Waals surface area contributed by atoms with Crippen molar-refractivity contribution in [3.05, 3.63) is 69.3 Å². The van der Waals surface area contributed by atoms with Gasteiger partial charge in [-0.15, -0.1) is 10.2 Å². The average molecular weight is 525 g/mol. The number of aromatic nitrogens is 2. The van der Waals surface area contributed by atoms with E-state index in [-0.39, 0.29) is 33.2 Å². The standard InChI is InChI=1S/C24H19N3O9S/c1-32-16-8-13(9-17(11-16)33-2)22-25-26-24(36-22)37-21(23(28)29)12-15-5-7-20(35-15)18-10-14(27(30)31)4-6-19(18)34-3/h4-12H,1-3H3,(H,28,29)/b21-12-. The Hall–Kier alpha value is -4.78. The molecule has 0 aliphatic carbocycles. The molecule has 0 saturated heterocycles. The normalized spacial score (nSPS) is 11.3. The van der Waals surface area contributed by atoms with Crippen molar-refractivity contribution >= 4 is 29.5 Å². The number of carbonyl (C=O) groups is 1. The molecular weight excluding hydrogens is 506 g/mol. The molecular formula is C24H19N3O9S. The van der Waals surface area contributed by atoms with E-state index in [0.29, 0.717) is 28.4 Å². The van der Waals surface area contributed by atoms with Crippen molar-refractivity contribution in [3.63, 3.8) is 0 Å². The predicted octanol–water partition coefficient (Wildman–Crippen LogP) is 5.15. The Morgan fingerprint density at radius 1 is 1.00 bits per heavy atom. The third kappa shape index (κ3) is 5.73. The summed E-state index contributed by atoms with van der Waals surface area (Å²) in [6, 6.07) is 12.2. The van der Waals surface area contributed by atoms with Crippen LogP contribution in [0.1, 0.15) is 5.76 Å². The van der Waals surface area contributed by atoms with Gasteiger partial charge in [0.05, 0.1) is 31.8 Å². The summed E-state index contributed by atoms with van der Waals surface area (Å²) >= 11 is 0.731. The molecule has 0 aliphatic heterocycles. The second-order valence-corrected chi connectivity index (χ2v) is 8.23. The molecule has 0 radical (unpaired) electrons. The van der Waals surface area contributed by atoms with Gasteiger partial charge in [0, 0.05) is 29.8 Å². The van der Waals surface area contributed by atoms with Crippen LogP contribution in [0.5, 0.6) is 17.2 Å². The molecule has 0 atom stereocenters. The lowest BCUT2D eigenvalue weighted by Crippen LogP contribution is -1.96. The van der Waals surface area contributed by atoms with Crippen molar-refractivity contribution in [2.45, 2.75) is 5.22 Å². The van der Waals surface area contributed by atoms with E-state index < -0.39 is 10.9 Å². The Morgan fingerprint density at radius 2 is 1.73 bits per heavy atom. The monoisotopic (exact) mass is 525 g/mol. The first-order valence-corrected chi connectivity index (χ1v) is 11.3. The van der Waals surface area contributed by atoms with E-state index in [9.17, 15) is 20.0 Å². The molecule has 2 aromatic heterocycles. The molecule has 0 fully saturated rings. The van der Waals surface area contributed by atoms with Crippen LogP contribution in [0.2, 0.25) is 0 Å². The molecule has 4 aromatic rings. The van der Waals surface area contributed by atoms with Crippen LogP contribution in [0.15, 0.2) is 67.5 Å². The van der Waals surface area contributed by atoms with Crippen molar-refractivity contribution in [1.82, 2.24) is 10.2 Å². The average Bonchev–Trinajstić information content (AvgIpc) is 3.57. The summed E-state index contributed by atoms with van der Waals surface area (Å²) in [6.45, 7) is 0. The van der Waals surface area contributed by atoms with Crippen LogP contribution in [-0.4, -0.2) is 47.5 Å². The lowest BCUT2D eigenvalue weighted by Gasteiger charge is -2.05. The summed E-state index contributed by atoms with van der Waals surface area (Å²) in [5, 5.41) is 28.8. The molecule has 1 N–H and O–H groups in total. The van der Waals surface area contributed by atoms with Crippen molar-refractivity contribution in [2.75, 3.05) is 21.3 Å². The first-order chi connectivity index (χ1) is 17.8. The first-order valence-electron chi connectivity index (χ1n) is 10.4. The van der Waals surface area contributed by atoms with E-state index in [0.717, 1.165) is 11.8 Å². The van der Waals surface area contributed by atoms with Crippen molar-refractivity contribution in [2.24, 2.45) is 0 Å². The molecule has 2 heterocycles. The number of methoxy groups -OCH3 is 3. The minimum Gasteiger partial charge on any atom is -0.497 e. The fraction of sp³-hybridized carbons (Fsp3) is 0.125. The van der Waals surface area contributed by atoms with Crippen LogP contribution in [0, 0.1) is 10.1 Å². The molecule has 0 saturated carbocycles. The second kappa shape index (κ2) is 10.9. The Bertz CT molecular complexity index is 1470. The van der Waals surface area contributed by atoms with Gasteiger partial charge in [-0.3, -0.25) is 10.1 Å². The summed E-state index contributed by atoms with van der Waals surface area (Å²) in [5.74, 6) is 0.722. The lowest BCUT2D eigenvalue weighted by atomic mass is 10.1. The largest absolute Gasteiger partial charge is 0.497 e. The maximum atomic E-state index is 11.9. The zero-order valence-electron chi connectivity index (χ0n) is 19.7. The lowest BCUT2D eigenvalue weighted by molar-refractivity contribution is -0.384. The van der Waals surface area contributed by atoms with Gasteiger partial charge in [-0.25, -0.2) is 4.79 Å². The fourth-order valence-electron chi connectivity index (χ4n) is 3.23. The molecule has 12 nitrogen and oxygen atoms in total. The van der Waals surface area contributed by atoms with Crippen molar-refractivity contribution < 1.29 is 37.9 Å². The molecule has 0 bridgehead atoms. The highest BCUT2D eigenvalue weighted by Gasteiger charge is 2.19. The van der Waals surface area contributed by atoms with Gasteiger partial charge in [-0.2, -0.15) is 0 Å². The molecule has 2 aromatic carbocycles. The number of benzene rings is 2. The summed E-state index contributed by atoms with van der Waals surface area (Å²) in [6.07, 6.45) is 1.28. The van der Waals surface area contributed by atoms with Gasteiger partial charge < -0.3 is 28.2 Å². The Kier molecular flexibility index (Phi) is 7.44. The summed E-state index contributed by atoms with van der Waals surface area (Å²) in [5.41, 5.74) is 0.723. The van der Waals surface area contributed by atoms with Crippen LogP contribution < -0.4 is 14.2 Å². The van der Waals surface area contributed by atoms with Crippen LogP contribution in [-0.2, 0) is 4.79 Å². The van der Waals surface area contributed by atoms with Crippen molar-refractivity contribution in [1.29, 1.82) is 0 Å². The SMILES string of the molecule is COc1cc(OC)cc(-c2nnc(S/C(=C\c3ccc(-c4cc([N+](=O)[O-])ccc4OC)o3)C(=O)O)o2)c1. The number of carboxylic acid groups (broad SMARTS) is 1. The third-order valence-electron chi connectivity index (χ3n) is 4.97. The fourth-order valence-corrected chi connectivity index (χ4v) is 3.89. The molecule has 37 heavy (non-hydrogen) atoms. The minimum atomic E-state index is -1.25. The number of carboxylic acids is 1. The molecule has 13 heteroatoms. The van der Waals surface area contributed by atoms with Crippen LogP contribution in [0.25, 0.3) is 28.9 Å². The number of thioether (sulfide) groups is 1. The van der Waals surface area contributed by atoms with E-state index in [2.05, 4.69) is 10.2 Å². The first kappa shape index (κ1) is 25.3. The van der Waals surface area contributed by atoms with Crippen LogP contribution >= 0.6 is 11.8 Å². The number of furan rings is 1. The predicted molar refractivity (Wildman–Crippen MR) is 132 cm³/mol. The van der Waals surface area contributed by atoms with E-state index in [1.807, 2.05) is 0 Å². The number of hydrogen-bond acceptors (Lipinski definition) is 11. The van der Waals surface area contributed by atoms with Gasteiger partial charge in [0.15, 0.2) is 0 Å². The maximum Gasteiger partial charge on any atom is 0.342 e. The van der Waals surface area contributed by atoms with E-state index >= 15 is 0 Å². The van der Waals surface area contributed by atoms with Gasteiger partial charge in [0.2, 0.25) is 5.89 Å². The number of rotatable bonds is 10. The maximum absolute atomic E-state index is 11.9. The molecule has 0 unspecified atom stereocenters. The summed E-state index contributed by atoms with van der Waals surface area (Å²) < 4.78 is 27.1. The minimum absolute atomic E-state index is 0.0161. The highest BCUT2D eigenvalue weighted by Crippen LogP contribution is 2.36. The van der Waals surface area contributed by atoms with E-state index in [4.69, 9.17) is 23.0 Å². The smallest absolute Gasteiger partial charge is 0.342 e. The van der Waals surface area contributed by atoms with Crippen LogP contribution in [0.3, 0.4) is 0 Å². The molecule has 0 spiro atoms. The quantitative estimate of drug-likeness (QED) is 0.126. The second-order valence-electron chi connectivity index (χ2n) is 7.23. The Morgan fingerprint density at radius 3 is 2.35 bits per heavy atom. The molecule has 0 aliphatic rings. The number of nitrogens with zero attached hydrogens (tertiary/aromatic N) is 3. The van der Waals surface area contributed by atoms with Crippen LogP contribution in [0.4, 0.5) is 5.69 Å². The molecule has 0 amide bonds. The van der Waals surface area contributed by atoms with E-state index in [1.54, 1.807) is 24.3 Å². The molecule has 190 valence electrons. The number of nitro benzene ring substituents is 1. The summed E-state index contributed by atoms with van der Waals surface area (Å²) in [4.78, 5) is 22.4. The topological polar surface area (TPSA) is 160 Å². The number of nitro groups is 1. The highest BCUT2D eigenvalue weighted by atomic mass is 32.2. The van der Waals surface area contributed by atoms with Crippen molar-refractivity contribution in [3.8, 4) is 40.0 Å². The van der Waals surface area contributed by atoms with Gasteiger partial charge in [0.25, 0.3) is 10.9 Å². The number of ether oxygens (including phenoxy) is 3.